The second-order valence-corrected chi connectivity index (χ2v) is 13.2. The van der Waals surface area contributed by atoms with E-state index in [1.54, 1.807) is 0 Å². The number of para-hydroxylation sites is 1. The first-order valence-electron chi connectivity index (χ1n) is 17.3. The molecule has 0 aliphatic rings. The number of hydrogen-bond donors (Lipinski definition) is 0. The molecule has 9 rings (SSSR count). The van der Waals surface area contributed by atoms with Gasteiger partial charge in [-0.1, -0.05) is 152 Å². The summed E-state index contributed by atoms with van der Waals surface area (Å²) < 4.78 is 0. The molecule has 0 unspecified atom stereocenters. The summed E-state index contributed by atoms with van der Waals surface area (Å²) in [6.07, 6.45) is 0. The number of nitrogens with zero attached hydrogens (tertiary/aromatic N) is 1. The van der Waals surface area contributed by atoms with Crippen molar-refractivity contribution in [3.05, 3.63) is 187 Å². The first kappa shape index (κ1) is 29.8. The Balaban J connectivity index is 1.26. The Kier molecular flexibility index (Phi) is 7.33. The Morgan fingerprint density at radius 2 is 0.860 bits per heavy atom. The SMILES string of the molecule is CC(=Nc1ccccc1C)c1ccc(-c2ccc3c(-c4ccc5ccccc5c4)c4ccccc4c(-c4ccc5ccccc5c4)c3c2)cc1. The summed E-state index contributed by atoms with van der Waals surface area (Å²) in [5.74, 6) is 0. The fourth-order valence-electron chi connectivity index (χ4n) is 7.51. The molecule has 236 valence electrons. The van der Waals surface area contributed by atoms with Crippen LogP contribution < -0.4 is 0 Å². The van der Waals surface area contributed by atoms with Crippen LogP contribution in [0.4, 0.5) is 5.69 Å². The number of aliphatic imine (C=N–C) groups is 1. The lowest BCUT2D eigenvalue weighted by Crippen LogP contribution is -1.94. The van der Waals surface area contributed by atoms with Crippen molar-refractivity contribution in [3.8, 4) is 33.4 Å². The molecule has 0 fully saturated rings. The largest absolute Gasteiger partial charge is 0.253 e. The first-order valence-corrected chi connectivity index (χ1v) is 17.3. The van der Waals surface area contributed by atoms with E-state index in [0.717, 1.165) is 17.0 Å². The molecule has 0 aliphatic heterocycles. The quantitative estimate of drug-likeness (QED) is 0.132. The molecule has 0 amide bonds. The molecule has 0 N–H and O–H groups in total. The summed E-state index contributed by atoms with van der Waals surface area (Å²) in [4.78, 5) is 4.94. The molecule has 0 spiro atoms. The minimum atomic E-state index is 1.01. The van der Waals surface area contributed by atoms with Crippen molar-refractivity contribution in [1.82, 2.24) is 0 Å². The number of aryl methyl sites for hydroxylation is 1. The van der Waals surface area contributed by atoms with E-state index in [9.17, 15) is 0 Å². The van der Waals surface area contributed by atoms with E-state index in [1.165, 1.54) is 82.0 Å². The highest BCUT2D eigenvalue weighted by atomic mass is 14.7. The van der Waals surface area contributed by atoms with Crippen molar-refractivity contribution in [2.24, 2.45) is 4.99 Å². The van der Waals surface area contributed by atoms with Crippen LogP contribution in [-0.2, 0) is 0 Å². The topological polar surface area (TPSA) is 12.4 Å². The van der Waals surface area contributed by atoms with Crippen LogP contribution in [0.25, 0.3) is 76.5 Å². The van der Waals surface area contributed by atoms with E-state index in [-0.39, 0.29) is 0 Å². The molecule has 0 bridgehead atoms. The van der Waals surface area contributed by atoms with Gasteiger partial charge in [-0.15, -0.1) is 0 Å². The maximum Gasteiger partial charge on any atom is 0.0662 e. The highest BCUT2D eigenvalue weighted by molar-refractivity contribution is 6.22. The van der Waals surface area contributed by atoms with Gasteiger partial charge in [-0.05, 0) is 126 Å². The van der Waals surface area contributed by atoms with Crippen LogP contribution in [0, 0.1) is 6.92 Å². The summed E-state index contributed by atoms with van der Waals surface area (Å²) in [6, 6.07) is 64.1. The van der Waals surface area contributed by atoms with Crippen molar-refractivity contribution in [2.45, 2.75) is 13.8 Å². The zero-order valence-electron chi connectivity index (χ0n) is 28.2. The lowest BCUT2D eigenvalue weighted by Gasteiger charge is -2.19. The van der Waals surface area contributed by atoms with E-state index >= 15 is 0 Å². The van der Waals surface area contributed by atoms with E-state index < -0.39 is 0 Å². The Bertz CT molecular complexity index is 2770. The van der Waals surface area contributed by atoms with E-state index in [1.807, 2.05) is 6.07 Å². The lowest BCUT2D eigenvalue weighted by atomic mass is 9.84. The molecule has 0 aromatic heterocycles. The molecule has 9 aromatic carbocycles. The van der Waals surface area contributed by atoms with Crippen molar-refractivity contribution >= 4 is 54.5 Å². The summed E-state index contributed by atoms with van der Waals surface area (Å²) in [6.45, 7) is 4.20. The molecule has 0 saturated carbocycles. The molecule has 1 heteroatoms. The monoisotopic (exact) mass is 637 g/mol. The van der Waals surface area contributed by atoms with Gasteiger partial charge in [-0.25, -0.2) is 0 Å². The van der Waals surface area contributed by atoms with Gasteiger partial charge in [0.15, 0.2) is 0 Å². The molecule has 0 radical (unpaired) electrons. The van der Waals surface area contributed by atoms with Crippen LogP contribution in [-0.4, -0.2) is 5.71 Å². The minimum absolute atomic E-state index is 1.01. The predicted octanol–water partition coefficient (Wildman–Crippen LogP) is 13.7. The first-order chi connectivity index (χ1) is 24.6. The van der Waals surface area contributed by atoms with Gasteiger partial charge in [0.05, 0.1) is 5.69 Å². The van der Waals surface area contributed by atoms with Gasteiger partial charge in [0, 0.05) is 5.71 Å². The normalized spacial score (nSPS) is 11.9. The van der Waals surface area contributed by atoms with E-state index in [0.29, 0.717) is 0 Å². The van der Waals surface area contributed by atoms with E-state index in [4.69, 9.17) is 4.99 Å². The molecule has 0 saturated heterocycles. The van der Waals surface area contributed by atoms with Crippen LogP contribution >= 0.6 is 0 Å². The average molecular weight is 638 g/mol. The Morgan fingerprint density at radius 1 is 0.380 bits per heavy atom. The van der Waals surface area contributed by atoms with Crippen LogP contribution in [0.2, 0.25) is 0 Å². The van der Waals surface area contributed by atoms with Gasteiger partial charge in [0.2, 0.25) is 0 Å². The molecular weight excluding hydrogens is 603 g/mol. The summed E-state index contributed by atoms with van der Waals surface area (Å²) in [5.41, 5.74) is 11.7. The Hall–Kier alpha value is -6.31. The fourth-order valence-corrected chi connectivity index (χ4v) is 7.51. The number of benzene rings is 9. The third-order valence-corrected chi connectivity index (χ3v) is 10.1. The second-order valence-electron chi connectivity index (χ2n) is 13.2. The number of rotatable bonds is 5. The van der Waals surface area contributed by atoms with E-state index in [2.05, 4.69) is 184 Å². The van der Waals surface area contributed by atoms with Gasteiger partial charge in [-0.3, -0.25) is 4.99 Å². The molecule has 1 nitrogen and oxygen atoms in total. The van der Waals surface area contributed by atoms with Crippen molar-refractivity contribution in [3.63, 3.8) is 0 Å². The molecule has 9 aromatic rings. The van der Waals surface area contributed by atoms with Crippen LogP contribution in [0.1, 0.15) is 18.1 Å². The van der Waals surface area contributed by atoms with Crippen molar-refractivity contribution < 1.29 is 0 Å². The maximum atomic E-state index is 4.94. The third kappa shape index (κ3) is 5.25. The molecule has 0 aliphatic carbocycles. The van der Waals surface area contributed by atoms with Gasteiger partial charge >= 0.3 is 0 Å². The molecule has 0 heterocycles. The van der Waals surface area contributed by atoms with Crippen LogP contribution in [0.15, 0.2) is 181 Å². The Labute approximate surface area is 292 Å². The van der Waals surface area contributed by atoms with Gasteiger partial charge in [-0.2, -0.15) is 0 Å². The Morgan fingerprint density at radius 3 is 1.48 bits per heavy atom. The fraction of sp³-hybridized carbons (Fsp3) is 0.0408. The average Bonchev–Trinajstić information content (AvgIpc) is 3.17. The summed E-state index contributed by atoms with van der Waals surface area (Å²) >= 11 is 0. The summed E-state index contributed by atoms with van der Waals surface area (Å²) in [5, 5.41) is 10.0. The highest BCUT2D eigenvalue weighted by Gasteiger charge is 2.18. The van der Waals surface area contributed by atoms with Gasteiger partial charge in [0.1, 0.15) is 0 Å². The maximum absolute atomic E-state index is 4.94. The molecular formula is C49H35N. The predicted molar refractivity (Wildman–Crippen MR) is 216 cm³/mol. The van der Waals surface area contributed by atoms with Gasteiger partial charge in [0.25, 0.3) is 0 Å². The molecule has 0 atom stereocenters. The smallest absolute Gasteiger partial charge is 0.0662 e. The van der Waals surface area contributed by atoms with Crippen LogP contribution in [0.3, 0.4) is 0 Å². The van der Waals surface area contributed by atoms with Crippen molar-refractivity contribution in [2.75, 3.05) is 0 Å². The third-order valence-electron chi connectivity index (χ3n) is 10.1. The number of fused-ring (bicyclic) bond motifs is 4. The zero-order chi connectivity index (χ0) is 33.6. The standard InChI is InChI=1S/C49H35N/c1-32-11-3-10-18-47(32)50-33(2)34-19-21-37(22-20-34)40-27-28-45-46(31-40)49(42-26-24-36-13-5-7-15-39(36)30-42)44-17-9-8-16-43(44)48(45)41-25-23-35-12-4-6-14-38(35)29-41/h3-31H,1-2H3. The second kappa shape index (κ2) is 12.3. The minimum Gasteiger partial charge on any atom is -0.253 e. The van der Waals surface area contributed by atoms with Crippen molar-refractivity contribution in [1.29, 1.82) is 0 Å². The number of hydrogen-bond acceptors (Lipinski definition) is 1. The molecule has 50 heavy (non-hydrogen) atoms. The lowest BCUT2D eigenvalue weighted by molar-refractivity contribution is 1.38. The summed E-state index contributed by atoms with van der Waals surface area (Å²) in [7, 11) is 0. The van der Waals surface area contributed by atoms with Gasteiger partial charge < -0.3 is 0 Å². The highest BCUT2D eigenvalue weighted by Crippen LogP contribution is 2.45. The zero-order valence-corrected chi connectivity index (χ0v) is 28.2. The van der Waals surface area contributed by atoms with Crippen LogP contribution in [0.5, 0.6) is 0 Å².